The highest BCUT2D eigenvalue weighted by molar-refractivity contribution is 5.85. The van der Waals surface area contributed by atoms with E-state index in [0.717, 1.165) is 12.1 Å². The summed E-state index contributed by atoms with van der Waals surface area (Å²) in [5.74, 6) is -0.257. The minimum absolute atomic E-state index is 0.0106. The highest BCUT2D eigenvalue weighted by atomic mass is 16.8. The topological polar surface area (TPSA) is 140 Å². The van der Waals surface area contributed by atoms with Crippen LogP contribution in [0.2, 0.25) is 0 Å². The van der Waals surface area contributed by atoms with E-state index in [-0.39, 0.29) is 46.7 Å². The van der Waals surface area contributed by atoms with E-state index in [9.17, 15) is 29.9 Å². The van der Waals surface area contributed by atoms with Crippen LogP contribution in [0.4, 0.5) is 5.69 Å². The molecule has 10 heteroatoms. The number of nitrogens with one attached hydrogen (secondary N) is 1. The van der Waals surface area contributed by atoms with Gasteiger partial charge in [0.25, 0.3) is 0 Å². The fraction of sp³-hybridized carbons (Fsp3) is 0.348. The largest absolute Gasteiger partial charge is 0.595 e. The van der Waals surface area contributed by atoms with Gasteiger partial charge in [0, 0.05) is 48.8 Å². The van der Waals surface area contributed by atoms with Crippen LogP contribution in [0.15, 0.2) is 44.3 Å². The van der Waals surface area contributed by atoms with Gasteiger partial charge in [0.15, 0.2) is 0 Å². The molecule has 0 aliphatic carbocycles. The Morgan fingerprint density at radius 2 is 2.00 bits per heavy atom. The lowest BCUT2D eigenvalue weighted by Gasteiger charge is -2.42. The highest BCUT2D eigenvalue weighted by Gasteiger charge is 2.37. The van der Waals surface area contributed by atoms with Crippen molar-refractivity contribution in [3.05, 3.63) is 73.1 Å². The Balaban J connectivity index is 1.41. The number of phenolic OH excluding ortho intramolecular Hbond substituents is 1. The lowest BCUT2D eigenvalue weighted by molar-refractivity contribution is -0.992. The van der Waals surface area contributed by atoms with Gasteiger partial charge >= 0.3 is 11.2 Å². The Bertz CT molecular complexity index is 1390. The average molecular weight is 453 g/mol. The molecule has 5 rings (SSSR count). The summed E-state index contributed by atoms with van der Waals surface area (Å²) in [7, 11) is 0. The number of aromatic nitrogens is 1. The Hall–Kier alpha value is -3.47. The number of hydrogen-bond acceptors (Lipinski definition) is 7. The zero-order valence-corrected chi connectivity index (χ0v) is 17.9. The van der Waals surface area contributed by atoms with Gasteiger partial charge in [0.05, 0.1) is 12.0 Å². The molecule has 33 heavy (non-hydrogen) atoms. The normalized spacial score (nSPS) is 20.5. The Morgan fingerprint density at radius 3 is 2.76 bits per heavy atom. The minimum atomic E-state index is -1.25. The first-order valence-corrected chi connectivity index (χ1v) is 10.7. The number of amides is 1. The summed E-state index contributed by atoms with van der Waals surface area (Å²) in [6, 6.07) is 7.52. The first-order chi connectivity index (χ1) is 15.7. The number of aromatic hydroxyl groups is 1. The lowest BCUT2D eigenvalue weighted by atomic mass is 9.83. The van der Waals surface area contributed by atoms with Gasteiger partial charge in [-0.15, -0.1) is 0 Å². The van der Waals surface area contributed by atoms with Gasteiger partial charge in [-0.3, -0.25) is 9.59 Å². The van der Waals surface area contributed by atoms with Crippen molar-refractivity contribution >= 4 is 22.6 Å². The summed E-state index contributed by atoms with van der Waals surface area (Å²) >= 11 is 0. The van der Waals surface area contributed by atoms with E-state index < -0.39 is 16.4 Å². The summed E-state index contributed by atoms with van der Waals surface area (Å²) in [5, 5.41) is 29.6. The molecule has 2 bridgehead atoms. The van der Waals surface area contributed by atoms with Crippen molar-refractivity contribution in [2.75, 3.05) is 13.1 Å². The van der Waals surface area contributed by atoms with E-state index in [4.69, 9.17) is 4.42 Å². The number of benzene rings is 1. The first-order valence-electron chi connectivity index (χ1n) is 10.7. The molecule has 1 amide bonds. The van der Waals surface area contributed by atoms with Gasteiger partial charge in [-0.2, -0.15) is 5.23 Å². The third-order valence-corrected chi connectivity index (χ3v) is 6.79. The Morgan fingerprint density at radius 1 is 1.21 bits per heavy atom. The van der Waals surface area contributed by atoms with E-state index >= 15 is 0 Å². The van der Waals surface area contributed by atoms with E-state index in [0.29, 0.717) is 30.6 Å². The van der Waals surface area contributed by atoms with Crippen molar-refractivity contribution in [3.63, 3.8) is 0 Å². The summed E-state index contributed by atoms with van der Waals surface area (Å²) in [6.07, 6.45) is 0.714. The van der Waals surface area contributed by atoms with E-state index in [1.54, 1.807) is 24.0 Å². The van der Waals surface area contributed by atoms with Crippen molar-refractivity contribution in [3.8, 4) is 5.75 Å². The molecule has 2 aliphatic heterocycles. The molecule has 0 spiro atoms. The monoisotopic (exact) mass is 453 g/mol. The maximum absolute atomic E-state index is 13.2. The third kappa shape index (κ3) is 3.62. The summed E-state index contributed by atoms with van der Waals surface area (Å²) in [4.78, 5) is 40.0. The van der Waals surface area contributed by atoms with Crippen molar-refractivity contribution in [1.82, 2.24) is 9.47 Å². The molecule has 172 valence electrons. The third-order valence-electron chi connectivity index (χ3n) is 6.79. The van der Waals surface area contributed by atoms with E-state index in [1.165, 1.54) is 22.8 Å². The van der Waals surface area contributed by atoms with Crippen molar-refractivity contribution < 1.29 is 24.8 Å². The molecule has 10 nitrogen and oxygen atoms in total. The molecule has 2 aliphatic rings. The molecule has 1 aromatic carbocycles. The number of rotatable bonds is 3. The second-order valence-electron chi connectivity index (χ2n) is 8.84. The molecule has 1 saturated heterocycles. The van der Waals surface area contributed by atoms with Crippen molar-refractivity contribution in [1.29, 1.82) is 0 Å². The van der Waals surface area contributed by atoms with Crippen LogP contribution in [0.1, 0.15) is 29.2 Å². The van der Waals surface area contributed by atoms with Crippen LogP contribution in [0.3, 0.4) is 0 Å². The molecule has 0 saturated carbocycles. The number of phenols is 1. The molecule has 2 aromatic heterocycles. The van der Waals surface area contributed by atoms with Gasteiger partial charge in [-0.05, 0) is 43.0 Å². The average Bonchev–Trinajstić information content (AvgIpc) is 2.76. The van der Waals surface area contributed by atoms with Crippen LogP contribution in [0.5, 0.6) is 5.75 Å². The molecular formula is C23H23N3O7. The number of fused-ring (bicyclic) bond motifs is 5. The maximum Gasteiger partial charge on any atom is 0.340 e. The van der Waals surface area contributed by atoms with Gasteiger partial charge in [-0.25, -0.2) is 10.0 Å². The number of likely N-dealkylation sites (tertiary alicyclic amines) is 1. The highest BCUT2D eigenvalue weighted by Crippen LogP contribution is 2.35. The number of hydrogen-bond donors (Lipinski definition) is 3. The van der Waals surface area contributed by atoms with Crippen molar-refractivity contribution in [2.24, 2.45) is 5.92 Å². The van der Waals surface area contributed by atoms with Gasteiger partial charge < -0.3 is 24.2 Å². The van der Waals surface area contributed by atoms with Crippen molar-refractivity contribution in [2.45, 2.75) is 32.2 Å². The molecule has 3 N–H and O–H groups in total. The number of carbonyl (C=O) groups excluding carboxylic acids is 1. The quantitative estimate of drug-likeness (QED) is 0.389. The molecule has 3 aromatic rings. The van der Waals surface area contributed by atoms with Crippen LogP contribution in [0, 0.1) is 18.0 Å². The van der Waals surface area contributed by atoms with Crippen LogP contribution in [-0.2, 0) is 17.8 Å². The van der Waals surface area contributed by atoms with E-state index in [1.807, 2.05) is 0 Å². The standard InChI is InChI=1S/C23H23N3O7/c1-12-16-3-2-15(27)7-20(16)33-23(30)17(12)8-21(28)24-9-13-6-14(11-24)18-4-5-19(26(31)32)22(29)25(18)10-13/h2-5,7,13-14,26-27,31H,6,8-11H2,1H3/t13-,14+/m1/s1. The number of nitrogens with zero attached hydrogens (tertiary/aromatic N) is 2. The summed E-state index contributed by atoms with van der Waals surface area (Å²) in [6.45, 7) is 2.94. The maximum atomic E-state index is 13.2. The number of pyridine rings is 1. The summed E-state index contributed by atoms with van der Waals surface area (Å²) in [5.41, 5.74) is 0.572. The number of carbonyl (C=O) groups is 1. The smallest absolute Gasteiger partial charge is 0.340 e. The fourth-order valence-corrected chi connectivity index (χ4v) is 5.16. The van der Waals surface area contributed by atoms with Crippen LogP contribution < -0.4 is 16.4 Å². The SMILES string of the molecule is Cc1c(CC(=O)N2C[C@H]3C[C@@H](C2)c2ccc([NH+]([O-])O)c(=O)n2C3)c(=O)oc2cc(O)ccc12. The molecule has 0 radical (unpaired) electrons. The summed E-state index contributed by atoms with van der Waals surface area (Å²) < 4.78 is 6.86. The van der Waals surface area contributed by atoms with Crippen LogP contribution >= 0.6 is 0 Å². The zero-order valence-electron chi connectivity index (χ0n) is 17.9. The molecule has 4 heterocycles. The van der Waals surface area contributed by atoms with Crippen LogP contribution in [0.25, 0.3) is 11.0 Å². The molecule has 1 fully saturated rings. The van der Waals surface area contributed by atoms with Gasteiger partial charge in [-0.1, -0.05) is 0 Å². The van der Waals surface area contributed by atoms with E-state index in [2.05, 4.69) is 0 Å². The first kappa shape index (κ1) is 21.4. The Kier molecular flexibility index (Phi) is 5.08. The number of piperidine rings is 1. The van der Waals surface area contributed by atoms with Gasteiger partial charge in [0.2, 0.25) is 11.6 Å². The fourth-order valence-electron chi connectivity index (χ4n) is 5.16. The minimum Gasteiger partial charge on any atom is -0.595 e. The zero-order chi connectivity index (χ0) is 23.4. The van der Waals surface area contributed by atoms with Gasteiger partial charge in [0.1, 0.15) is 11.3 Å². The predicted molar refractivity (Wildman–Crippen MR) is 116 cm³/mol. The lowest BCUT2D eigenvalue weighted by Crippen LogP contribution is -3.00. The predicted octanol–water partition coefficient (Wildman–Crippen LogP) is 0.561. The molecule has 1 unspecified atom stereocenters. The number of quaternary nitrogens is 1. The second-order valence-corrected chi connectivity index (χ2v) is 8.84. The molecular weight excluding hydrogens is 430 g/mol. The molecule has 3 atom stereocenters. The number of aryl methyl sites for hydroxylation is 1. The van der Waals surface area contributed by atoms with Crippen LogP contribution in [-0.4, -0.2) is 38.8 Å². The Labute approximate surface area is 187 Å². The second kappa shape index (κ2) is 7.84.